The van der Waals surface area contributed by atoms with Crippen molar-refractivity contribution in [3.63, 3.8) is 0 Å². The van der Waals surface area contributed by atoms with Crippen LogP contribution in [-0.4, -0.2) is 62.1 Å². The minimum atomic E-state index is -0.0370. The van der Waals surface area contributed by atoms with Crippen molar-refractivity contribution >= 4 is 16.7 Å². The molecule has 3 aromatic rings. The van der Waals surface area contributed by atoms with E-state index in [0.717, 1.165) is 48.5 Å². The molecule has 7 nitrogen and oxygen atoms in total. The standard InChI is InChI=1S/C21H24N6O/c1-25-10-4-6-16(13-25)20-24-23-18-14-26(11-12-27(18)20)21(28)19-17-7-3-2-5-15(17)8-9-22-19/h2-3,5,7-9,16H,4,6,10-14H2,1H3/t16-/m0/s1. The summed E-state index contributed by atoms with van der Waals surface area (Å²) in [6.07, 6.45) is 4.06. The fraction of sp³-hybridized carbons (Fsp3) is 0.429. The average Bonchev–Trinajstić information content (AvgIpc) is 3.16. The summed E-state index contributed by atoms with van der Waals surface area (Å²) < 4.78 is 2.23. The number of pyridine rings is 1. The molecule has 5 rings (SSSR count). The largest absolute Gasteiger partial charge is 0.328 e. The molecule has 2 aliphatic heterocycles. The molecule has 0 spiro atoms. The first-order valence-electron chi connectivity index (χ1n) is 9.94. The monoisotopic (exact) mass is 376 g/mol. The van der Waals surface area contributed by atoms with Crippen molar-refractivity contribution in [3.05, 3.63) is 53.9 Å². The van der Waals surface area contributed by atoms with E-state index in [9.17, 15) is 4.79 Å². The van der Waals surface area contributed by atoms with Crippen LogP contribution in [-0.2, 0) is 13.1 Å². The maximum absolute atomic E-state index is 13.2. The lowest BCUT2D eigenvalue weighted by Gasteiger charge is -2.32. The van der Waals surface area contributed by atoms with Crippen molar-refractivity contribution in [2.24, 2.45) is 0 Å². The van der Waals surface area contributed by atoms with E-state index in [2.05, 4.69) is 31.7 Å². The summed E-state index contributed by atoms with van der Waals surface area (Å²) in [6.45, 7) is 4.07. The van der Waals surface area contributed by atoms with Gasteiger partial charge in [-0.05, 0) is 37.9 Å². The van der Waals surface area contributed by atoms with Crippen molar-refractivity contribution in [1.29, 1.82) is 0 Å². The van der Waals surface area contributed by atoms with Crippen LogP contribution in [0.3, 0.4) is 0 Å². The van der Waals surface area contributed by atoms with Crippen molar-refractivity contribution in [2.45, 2.75) is 31.8 Å². The minimum absolute atomic E-state index is 0.0370. The van der Waals surface area contributed by atoms with Crippen LogP contribution in [0, 0.1) is 0 Å². The van der Waals surface area contributed by atoms with Gasteiger partial charge in [0.1, 0.15) is 11.5 Å². The Labute approximate surface area is 164 Å². The molecule has 1 saturated heterocycles. The SMILES string of the molecule is CN1CCC[C@H](c2nnc3n2CCN(C(=O)c2nccc4ccccc24)C3)C1. The summed E-state index contributed by atoms with van der Waals surface area (Å²) in [5.41, 5.74) is 0.514. The van der Waals surface area contributed by atoms with Crippen LogP contribution in [0.15, 0.2) is 36.5 Å². The Hall–Kier alpha value is -2.80. The Kier molecular flexibility index (Phi) is 4.31. The smallest absolute Gasteiger partial charge is 0.273 e. The van der Waals surface area contributed by atoms with E-state index in [1.54, 1.807) is 6.20 Å². The molecular formula is C21H24N6O. The molecule has 1 aromatic carbocycles. The first-order chi connectivity index (χ1) is 13.7. The summed E-state index contributed by atoms with van der Waals surface area (Å²) in [5.74, 6) is 2.35. The number of piperidine rings is 1. The van der Waals surface area contributed by atoms with Crippen molar-refractivity contribution in [2.75, 3.05) is 26.7 Å². The Morgan fingerprint density at radius 1 is 1.11 bits per heavy atom. The van der Waals surface area contributed by atoms with E-state index < -0.39 is 0 Å². The van der Waals surface area contributed by atoms with Gasteiger partial charge in [0.15, 0.2) is 5.82 Å². The molecule has 4 heterocycles. The van der Waals surface area contributed by atoms with Gasteiger partial charge in [-0.2, -0.15) is 0 Å². The Bertz CT molecular complexity index is 1020. The highest BCUT2D eigenvalue weighted by Crippen LogP contribution is 2.27. The van der Waals surface area contributed by atoms with Crippen molar-refractivity contribution < 1.29 is 4.79 Å². The quantitative estimate of drug-likeness (QED) is 0.687. The highest BCUT2D eigenvalue weighted by molar-refractivity contribution is 6.05. The zero-order chi connectivity index (χ0) is 19.1. The number of hydrogen-bond donors (Lipinski definition) is 0. The molecule has 144 valence electrons. The van der Waals surface area contributed by atoms with Gasteiger partial charge in [0.25, 0.3) is 5.91 Å². The number of fused-ring (bicyclic) bond motifs is 2. The molecule has 0 saturated carbocycles. The van der Waals surface area contributed by atoms with Crippen LogP contribution in [0.25, 0.3) is 10.8 Å². The number of likely N-dealkylation sites (N-methyl/N-ethyl adjacent to an activating group) is 1. The highest BCUT2D eigenvalue weighted by Gasteiger charge is 2.30. The maximum Gasteiger partial charge on any atom is 0.273 e. The second-order valence-corrected chi connectivity index (χ2v) is 7.83. The fourth-order valence-corrected chi connectivity index (χ4v) is 4.47. The highest BCUT2D eigenvalue weighted by atomic mass is 16.2. The molecule has 2 aliphatic rings. The molecule has 28 heavy (non-hydrogen) atoms. The van der Waals surface area contributed by atoms with Crippen molar-refractivity contribution in [3.8, 4) is 0 Å². The third kappa shape index (κ3) is 2.96. The minimum Gasteiger partial charge on any atom is -0.328 e. The first-order valence-corrected chi connectivity index (χ1v) is 9.94. The van der Waals surface area contributed by atoms with Gasteiger partial charge >= 0.3 is 0 Å². The van der Waals surface area contributed by atoms with Gasteiger partial charge in [-0.1, -0.05) is 24.3 Å². The zero-order valence-electron chi connectivity index (χ0n) is 16.1. The van der Waals surface area contributed by atoms with E-state index >= 15 is 0 Å². The van der Waals surface area contributed by atoms with Gasteiger partial charge in [-0.15, -0.1) is 10.2 Å². The number of benzene rings is 1. The second-order valence-electron chi connectivity index (χ2n) is 7.83. The molecule has 0 aliphatic carbocycles. The number of likely N-dealkylation sites (tertiary alicyclic amines) is 1. The molecule has 0 N–H and O–H groups in total. The number of carbonyl (C=O) groups is 1. The first kappa shape index (κ1) is 17.3. The van der Waals surface area contributed by atoms with Gasteiger partial charge in [0.05, 0.1) is 6.54 Å². The van der Waals surface area contributed by atoms with E-state index in [0.29, 0.717) is 24.7 Å². The van der Waals surface area contributed by atoms with Crippen LogP contribution < -0.4 is 0 Å². The number of hydrogen-bond acceptors (Lipinski definition) is 5. The van der Waals surface area contributed by atoms with Crippen LogP contribution >= 0.6 is 0 Å². The molecule has 2 aromatic heterocycles. The topological polar surface area (TPSA) is 67.2 Å². The molecule has 1 fully saturated rings. The van der Waals surface area contributed by atoms with Crippen molar-refractivity contribution in [1.82, 2.24) is 29.5 Å². The van der Waals surface area contributed by atoms with E-state index in [1.807, 2.05) is 35.2 Å². The lowest BCUT2D eigenvalue weighted by Crippen LogP contribution is -2.40. The zero-order valence-corrected chi connectivity index (χ0v) is 16.1. The van der Waals surface area contributed by atoms with Gasteiger partial charge in [0.2, 0.25) is 0 Å². The summed E-state index contributed by atoms with van der Waals surface area (Å²) in [7, 11) is 2.16. The van der Waals surface area contributed by atoms with Crippen LogP contribution in [0.2, 0.25) is 0 Å². The van der Waals surface area contributed by atoms with Gasteiger partial charge in [0, 0.05) is 37.1 Å². The fourth-order valence-electron chi connectivity index (χ4n) is 4.47. The number of nitrogens with zero attached hydrogens (tertiary/aromatic N) is 6. The molecule has 0 radical (unpaired) electrons. The average molecular weight is 376 g/mol. The van der Waals surface area contributed by atoms with Crippen LogP contribution in [0.4, 0.5) is 0 Å². The van der Waals surface area contributed by atoms with E-state index in [1.165, 1.54) is 6.42 Å². The second kappa shape index (κ2) is 6.98. The van der Waals surface area contributed by atoms with Gasteiger partial charge < -0.3 is 14.4 Å². The van der Waals surface area contributed by atoms with Crippen LogP contribution in [0.5, 0.6) is 0 Å². The molecule has 1 atom stereocenters. The Morgan fingerprint density at radius 3 is 2.89 bits per heavy atom. The third-order valence-electron chi connectivity index (χ3n) is 5.93. The number of amides is 1. The number of aromatic nitrogens is 4. The van der Waals surface area contributed by atoms with E-state index in [-0.39, 0.29) is 5.91 Å². The van der Waals surface area contributed by atoms with E-state index in [4.69, 9.17) is 0 Å². The summed E-state index contributed by atoms with van der Waals surface area (Å²) in [5, 5.41) is 10.9. The van der Waals surface area contributed by atoms with Gasteiger partial charge in [-0.3, -0.25) is 9.78 Å². The predicted octanol–water partition coefficient (Wildman–Crippen LogP) is 2.29. The number of rotatable bonds is 2. The predicted molar refractivity (Wildman–Crippen MR) is 106 cm³/mol. The van der Waals surface area contributed by atoms with Gasteiger partial charge in [-0.25, -0.2) is 0 Å². The lowest BCUT2D eigenvalue weighted by atomic mass is 9.97. The normalized spacial score (nSPS) is 20.3. The summed E-state index contributed by atoms with van der Waals surface area (Å²) in [4.78, 5) is 21.8. The Balaban J connectivity index is 1.40. The molecule has 0 bridgehead atoms. The molecule has 0 unspecified atom stereocenters. The summed E-state index contributed by atoms with van der Waals surface area (Å²) in [6, 6.07) is 9.82. The number of carbonyl (C=O) groups excluding carboxylic acids is 1. The summed E-state index contributed by atoms with van der Waals surface area (Å²) >= 11 is 0. The maximum atomic E-state index is 13.2. The molecule has 7 heteroatoms. The van der Waals surface area contributed by atoms with Crippen LogP contribution in [0.1, 0.15) is 40.9 Å². The third-order valence-corrected chi connectivity index (χ3v) is 5.93. The molecular weight excluding hydrogens is 352 g/mol. The lowest BCUT2D eigenvalue weighted by molar-refractivity contribution is 0.0701. The molecule has 1 amide bonds. The Morgan fingerprint density at radius 2 is 2.00 bits per heavy atom.